The van der Waals surface area contributed by atoms with E-state index in [0.717, 1.165) is 0 Å². The Morgan fingerprint density at radius 2 is 2.07 bits per heavy atom. The number of likely N-dealkylation sites (N-methyl/N-ethyl adjacent to an activating group) is 1. The molecular weight excluding hydrogens is 382 g/mol. The van der Waals surface area contributed by atoms with Gasteiger partial charge in [-0.15, -0.1) is 11.3 Å². The van der Waals surface area contributed by atoms with E-state index in [0.29, 0.717) is 17.0 Å². The van der Waals surface area contributed by atoms with Gasteiger partial charge in [0.25, 0.3) is 11.6 Å². The van der Waals surface area contributed by atoms with Crippen molar-refractivity contribution >= 4 is 28.7 Å². The molecule has 2 aromatic rings. The summed E-state index contributed by atoms with van der Waals surface area (Å²) in [6.45, 7) is 0.759. The third kappa shape index (κ3) is 3.67. The molecule has 0 saturated heterocycles. The molecule has 0 bridgehead atoms. The molecule has 9 heteroatoms. The Labute approximate surface area is 165 Å². The normalized spacial score (nSPS) is 16.9. The summed E-state index contributed by atoms with van der Waals surface area (Å²) in [7, 11) is 3.68. The molecule has 146 valence electrons. The molecule has 1 N–H and O–H groups in total. The van der Waals surface area contributed by atoms with Crippen molar-refractivity contribution in [1.29, 1.82) is 0 Å². The quantitative estimate of drug-likeness (QED) is 0.435. The highest BCUT2D eigenvalue weighted by atomic mass is 32.1. The van der Waals surface area contributed by atoms with Gasteiger partial charge in [-0.25, -0.2) is 0 Å². The summed E-state index contributed by atoms with van der Waals surface area (Å²) >= 11 is 1.20. The second-order valence-corrected chi connectivity index (χ2v) is 7.57. The zero-order chi connectivity index (χ0) is 20.4. The maximum absolute atomic E-state index is 13.0. The Hall–Kier alpha value is -3.04. The van der Waals surface area contributed by atoms with Crippen molar-refractivity contribution in [2.75, 3.05) is 27.2 Å². The van der Waals surface area contributed by atoms with Crippen LogP contribution in [0.15, 0.2) is 53.1 Å². The molecule has 2 heterocycles. The highest BCUT2D eigenvalue weighted by molar-refractivity contribution is 7.12. The Morgan fingerprint density at radius 1 is 1.32 bits per heavy atom. The van der Waals surface area contributed by atoms with Crippen molar-refractivity contribution in [2.45, 2.75) is 6.04 Å². The highest BCUT2D eigenvalue weighted by Gasteiger charge is 2.44. The molecule has 0 fully saturated rings. The van der Waals surface area contributed by atoms with Crippen molar-refractivity contribution < 1.29 is 19.6 Å². The lowest BCUT2D eigenvalue weighted by molar-refractivity contribution is -0.384. The van der Waals surface area contributed by atoms with E-state index < -0.39 is 28.4 Å². The van der Waals surface area contributed by atoms with Crippen LogP contribution in [-0.4, -0.2) is 58.7 Å². The lowest BCUT2D eigenvalue weighted by Gasteiger charge is -2.27. The van der Waals surface area contributed by atoms with Crippen molar-refractivity contribution in [1.82, 2.24) is 9.80 Å². The van der Waals surface area contributed by atoms with E-state index in [2.05, 4.69) is 0 Å². The average Bonchev–Trinajstić information content (AvgIpc) is 3.28. The minimum atomic E-state index is -0.887. The number of nitro groups is 1. The lowest BCUT2D eigenvalue weighted by atomic mass is 9.95. The molecule has 0 saturated carbocycles. The Morgan fingerprint density at radius 3 is 2.68 bits per heavy atom. The molecule has 0 spiro atoms. The summed E-state index contributed by atoms with van der Waals surface area (Å²) in [4.78, 5) is 40.0. The van der Waals surface area contributed by atoms with Crippen LogP contribution in [0.4, 0.5) is 5.69 Å². The van der Waals surface area contributed by atoms with E-state index in [1.165, 1.54) is 34.4 Å². The number of rotatable bonds is 7. The zero-order valence-corrected chi connectivity index (χ0v) is 16.2. The van der Waals surface area contributed by atoms with Gasteiger partial charge in [0.1, 0.15) is 0 Å². The van der Waals surface area contributed by atoms with Crippen LogP contribution < -0.4 is 0 Å². The third-order valence-corrected chi connectivity index (χ3v) is 5.35. The topological polar surface area (TPSA) is 104 Å². The molecule has 3 rings (SSSR count). The number of carbonyl (C=O) groups is 2. The van der Waals surface area contributed by atoms with Crippen molar-refractivity contribution in [2.24, 2.45) is 0 Å². The molecule has 1 aromatic heterocycles. The van der Waals surface area contributed by atoms with Gasteiger partial charge in [0.15, 0.2) is 5.76 Å². The number of amides is 1. The predicted octanol–water partition coefficient (Wildman–Crippen LogP) is 2.80. The lowest BCUT2D eigenvalue weighted by Crippen LogP contribution is -2.36. The van der Waals surface area contributed by atoms with Crippen LogP contribution >= 0.6 is 11.3 Å². The van der Waals surface area contributed by atoms with Crippen LogP contribution in [-0.2, 0) is 4.79 Å². The van der Waals surface area contributed by atoms with E-state index in [1.54, 1.807) is 23.6 Å². The molecule has 28 heavy (non-hydrogen) atoms. The van der Waals surface area contributed by atoms with Gasteiger partial charge in [0, 0.05) is 25.2 Å². The maximum Gasteiger partial charge on any atom is 0.290 e. The highest BCUT2D eigenvalue weighted by Crippen LogP contribution is 2.40. The van der Waals surface area contributed by atoms with Gasteiger partial charge < -0.3 is 14.9 Å². The van der Waals surface area contributed by atoms with Gasteiger partial charge in [-0.1, -0.05) is 18.2 Å². The van der Waals surface area contributed by atoms with Crippen LogP contribution in [0, 0.1) is 10.1 Å². The standard InChI is InChI=1S/C19H19N3O5S/c1-20(2)8-9-21-16(12-5-3-6-13(11-12)22(26)27)15(18(24)19(21)25)17(23)14-7-4-10-28-14/h3-7,10-11,16,24H,8-9H2,1-2H3. The number of ketones is 1. The first-order chi connectivity index (χ1) is 13.3. The largest absolute Gasteiger partial charge is 0.503 e. The molecule has 0 aliphatic carbocycles. The summed E-state index contributed by atoms with van der Waals surface area (Å²) in [5.41, 5.74) is 0.212. The number of nitrogens with zero attached hydrogens (tertiary/aromatic N) is 3. The van der Waals surface area contributed by atoms with Crippen LogP contribution in [0.2, 0.25) is 0 Å². The average molecular weight is 401 g/mol. The molecule has 1 amide bonds. The molecular formula is C19H19N3O5S. The monoisotopic (exact) mass is 401 g/mol. The van der Waals surface area contributed by atoms with E-state index in [9.17, 15) is 24.8 Å². The van der Waals surface area contributed by atoms with Crippen molar-refractivity contribution in [3.05, 3.63) is 73.7 Å². The van der Waals surface area contributed by atoms with Gasteiger partial charge in [-0.3, -0.25) is 19.7 Å². The first kappa shape index (κ1) is 19.7. The summed E-state index contributed by atoms with van der Waals surface area (Å²) in [5.74, 6) is -1.71. The summed E-state index contributed by atoms with van der Waals surface area (Å²) in [6, 6.07) is 8.24. The van der Waals surface area contributed by atoms with Gasteiger partial charge in [-0.2, -0.15) is 0 Å². The number of non-ortho nitro benzene ring substituents is 1. The number of benzene rings is 1. The van der Waals surface area contributed by atoms with Crippen LogP contribution in [0.1, 0.15) is 21.3 Å². The number of thiophene rings is 1. The number of nitro benzene ring substituents is 1. The minimum absolute atomic E-state index is 0.0493. The number of aliphatic hydroxyl groups is 1. The smallest absolute Gasteiger partial charge is 0.290 e. The molecule has 8 nitrogen and oxygen atoms in total. The zero-order valence-electron chi connectivity index (χ0n) is 15.4. The van der Waals surface area contributed by atoms with Crippen molar-refractivity contribution in [3.8, 4) is 0 Å². The predicted molar refractivity (Wildman–Crippen MR) is 104 cm³/mol. The fourth-order valence-corrected chi connectivity index (χ4v) is 3.80. The molecule has 1 atom stereocenters. The van der Waals surface area contributed by atoms with E-state index in [-0.39, 0.29) is 17.8 Å². The Balaban J connectivity index is 2.09. The Bertz CT molecular complexity index is 952. The fraction of sp³-hybridized carbons (Fsp3) is 0.263. The van der Waals surface area contributed by atoms with Crippen LogP contribution in [0.25, 0.3) is 0 Å². The van der Waals surface area contributed by atoms with Crippen LogP contribution in [0.3, 0.4) is 0 Å². The number of Topliss-reactive ketones (excluding diaryl/α,β-unsaturated/α-hetero) is 1. The van der Waals surface area contributed by atoms with E-state index in [1.807, 2.05) is 19.0 Å². The van der Waals surface area contributed by atoms with E-state index >= 15 is 0 Å². The van der Waals surface area contributed by atoms with Gasteiger partial charge in [-0.05, 0) is 31.1 Å². The van der Waals surface area contributed by atoms with E-state index in [4.69, 9.17) is 0 Å². The summed E-state index contributed by atoms with van der Waals surface area (Å²) < 4.78 is 0. The first-order valence-electron chi connectivity index (χ1n) is 8.52. The molecule has 1 unspecified atom stereocenters. The molecule has 1 aromatic carbocycles. The second-order valence-electron chi connectivity index (χ2n) is 6.63. The molecule has 0 radical (unpaired) electrons. The third-order valence-electron chi connectivity index (χ3n) is 4.48. The first-order valence-corrected chi connectivity index (χ1v) is 9.40. The minimum Gasteiger partial charge on any atom is -0.503 e. The van der Waals surface area contributed by atoms with Crippen molar-refractivity contribution in [3.63, 3.8) is 0 Å². The summed E-state index contributed by atoms with van der Waals surface area (Å²) in [6.07, 6.45) is 0. The van der Waals surface area contributed by atoms with Gasteiger partial charge in [0.2, 0.25) is 5.78 Å². The number of carbonyl (C=O) groups excluding carboxylic acids is 2. The van der Waals surface area contributed by atoms with Gasteiger partial charge in [0.05, 0.1) is 21.4 Å². The SMILES string of the molecule is CN(C)CCN1C(=O)C(O)=C(C(=O)c2cccs2)C1c1cccc([N+](=O)[O-])c1. The number of hydrogen-bond donors (Lipinski definition) is 1. The number of aliphatic hydroxyl groups excluding tert-OH is 1. The van der Waals surface area contributed by atoms with Crippen LogP contribution in [0.5, 0.6) is 0 Å². The summed E-state index contributed by atoms with van der Waals surface area (Å²) in [5, 5.41) is 23.4. The maximum atomic E-state index is 13.0. The fourth-order valence-electron chi connectivity index (χ4n) is 3.12. The molecule has 1 aliphatic rings. The van der Waals surface area contributed by atoms with Gasteiger partial charge >= 0.3 is 0 Å². The molecule has 1 aliphatic heterocycles. The number of hydrogen-bond acceptors (Lipinski definition) is 7. The second kappa shape index (κ2) is 7.91. The Kier molecular flexibility index (Phi) is 5.57.